The van der Waals surface area contributed by atoms with Crippen LogP contribution in [0.4, 0.5) is 0 Å². The number of fused-ring (bicyclic) bond motifs is 1. The van der Waals surface area contributed by atoms with Gasteiger partial charge in [-0.05, 0) is 36.4 Å². The zero-order valence-corrected chi connectivity index (χ0v) is 11.0. The van der Waals surface area contributed by atoms with Gasteiger partial charge in [0.2, 0.25) is 5.43 Å². The van der Waals surface area contributed by atoms with Crippen molar-refractivity contribution in [3.8, 4) is 11.4 Å². The largest absolute Gasteiger partial charge is 0.508 e. The second-order valence-electron chi connectivity index (χ2n) is 4.64. The highest BCUT2D eigenvalue weighted by Crippen LogP contribution is 2.19. The fourth-order valence-electron chi connectivity index (χ4n) is 2.28. The molecule has 0 aliphatic carbocycles. The molecule has 2 aromatic carbocycles. The molecule has 0 spiro atoms. The molecule has 3 N–H and O–H groups in total. The highest BCUT2D eigenvalue weighted by Gasteiger charge is 2.13. The second kappa shape index (κ2) is 4.79. The van der Waals surface area contributed by atoms with Gasteiger partial charge in [-0.25, -0.2) is 0 Å². The number of hydrogen-bond acceptors (Lipinski definition) is 3. The van der Waals surface area contributed by atoms with E-state index in [4.69, 9.17) is 5.73 Å². The van der Waals surface area contributed by atoms with Crippen molar-refractivity contribution in [2.45, 2.75) is 0 Å². The number of hydrogen-bond donors (Lipinski definition) is 2. The van der Waals surface area contributed by atoms with Gasteiger partial charge in [0.15, 0.2) is 0 Å². The minimum atomic E-state index is -0.765. The van der Waals surface area contributed by atoms with Crippen LogP contribution in [-0.4, -0.2) is 15.6 Å². The summed E-state index contributed by atoms with van der Waals surface area (Å²) >= 11 is 0. The monoisotopic (exact) mass is 280 g/mol. The lowest BCUT2D eigenvalue weighted by Crippen LogP contribution is -2.23. The maximum Gasteiger partial charge on any atom is 0.254 e. The summed E-state index contributed by atoms with van der Waals surface area (Å²) in [6.45, 7) is 0. The van der Waals surface area contributed by atoms with Crippen molar-refractivity contribution in [2.75, 3.05) is 0 Å². The summed E-state index contributed by atoms with van der Waals surface area (Å²) in [6.07, 6.45) is 1.43. The number of carbonyl (C=O) groups is 1. The van der Waals surface area contributed by atoms with Gasteiger partial charge in [0.25, 0.3) is 5.91 Å². The van der Waals surface area contributed by atoms with Gasteiger partial charge < -0.3 is 15.4 Å². The molecule has 0 radical (unpaired) electrons. The number of amides is 1. The number of rotatable bonds is 2. The predicted molar refractivity (Wildman–Crippen MR) is 79.7 cm³/mol. The standard InChI is InChI=1S/C16H12N2O3/c17-16(21)13-9-18(10-5-7-11(19)8-6-10)14-4-2-1-3-12(14)15(13)20/h1-9,19H,(H2,17,21). The Balaban J connectivity index is 2.41. The normalized spacial score (nSPS) is 10.7. The maximum atomic E-state index is 12.3. The average molecular weight is 280 g/mol. The lowest BCUT2D eigenvalue weighted by atomic mass is 10.1. The van der Waals surface area contributed by atoms with Gasteiger partial charge in [-0.15, -0.1) is 0 Å². The molecule has 0 aliphatic heterocycles. The molecule has 1 heterocycles. The number of nitrogens with two attached hydrogens (primary N) is 1. The summed E-state index contributed by atoms with van der Waals surface area (Å²) in [4.78, 5) is 23.7. The van der Waals surface area contributed by atoms with Crippen LogP contribution in [0.2, 0.25) is 0 Å². The fourth-order valence-corrected chi connectivity index (χ4v) is 2.28. The Morgan fingerprint density at radius 1 is 1.05 bits per heavy atom. The highest BCUT2D eigenvalue weighted by molar-refractivity contribution is 5.96. The Morgan fingerprint density at radius 3 is 2.38 bits per heavy atom. The minimum absolute atomic E-state index is 0.0678. The summed E-state index contributed by atoms with van der Waals surface area (Å²) in [5.74, 6) is -0.627. The molecule has 1 amide bonds. The molecule has 104 valence electrons. The van der Waals surface area contributed by atoms with E-state index in [0.717, 1.165) is 0 Å². The molecule has 1 aromatic heterocycles. The van der Waals surface area contributed by atoms with E-state index in [1.54, 1.807) is 34.9 Å². The first-order valence-corrected chi connectivity index (χ1v) is 6.31. The summed E-state index contributed by atoms with van der Waals surface area (Å²) in [5.41, 5.74) is 6.21. The third-order valence-corrected chi connectivity index (χ3v) is 3.30. The van der Waals surface area contributed by atoms with Crippen molar-refractivity contribution in [3.05, 3.63) is 70.5 Å². The number of aromatic nitrogens is 1. The van der Waals surface area contributed by atoms with Crippen molar-refractivity contribution in [1.29, 1.82) is 0 Å². The first kappa shape index (κ1) is 12.9. The zero-order chi connectivity index (χ0) is 15.0. The van der Waals surface area contributed by atoms with Crippen LogP contribution in [-0.2, 0) is 0 Å². The first-order chi connectivity index (χ1) is 10.1. The predicted octanol–water partition coefficient (Wildman–Crippen LogP) is 1.80. The topological polar surface area (TPSA) is 85.3 Å². The molecule has 0 bridgehead atoms. The van der Waals surface area contributed by atoms with Crippen molar-refractivity contribution >= 4 is 16.8 Å². The number of nitrogens with zero attached hydrogens (tertiary/aromatic N) is 1. The Bertz CT molecular complexity index is 896. The molecule has 0 atom stereocenters. The number of aromatic hydroxyl groups is 1. The fraction of sp³-hybridized carbons (Fsp3) is 0. The van der Waals surface area contributed by atoms with E-state index in [1.165, 1.54) is 18.3 Å². The molecule has 0 fully saturated rings. The van der Waals surface area contributed by atoms with E-state index in [9.17, 15) is 14.7 Å². The Hall–Kier alpha value is -3.08. The lowest BCUT2D eigenvalue weighted by molar-refractivity contribution is 0.0999. The first-order valence-electron chi connectivity index (χ1n) is 6.31. The van der Waals surface area contributed by atoms with E-state index in [-0.39, 0.29) is 16.7 Å². The molecule has 5 nitrogen and oxygen atoms in total. The average Bonchev–Trinajstić information content (AvgIpc) is 2.49. The highest BCUT2D eigenvalue weighted by atomic mass is 16.3. The van der Waals surface area contributed by atoms with Gasteiger partial charge in [-0.2, -0.15) is 0 Å². The molecule has 0 unspecified atom stereocenters. The molecule has 0 saturated carbocycles. The number of pyridine rings is 1. The van der Waals surface area contributed by atoms with Crippen molar-refractivity contribution in [1.82, 2.24) is 4.57 Å². The molecule has 5 heteroatoms. The number of phenolic OH excluding ortho intramolecular Hbond substituents is 1. The third kappa shape index (κ3) is 2.14. The van der Waals surface area contributed by atoms with Gasteiger partial charge >= 0.3 is 0 Å². The van der Waals surface area contributed by atoms with E-state index in [1.807, 2.05) is 6.07 Å². The number of phenols is 1. The van der Waals surface area contributed by atoms with Crippen LogP contribution < -0.4 is 11.2 Å². The molecular weight excluding hydrogens is 268 g/mol. The van der Waals surface area contributed by atoms with Crippen LogP contribution in [0.3, 0.4) is 0 Å². The van der Waals surface area contributed by atoms with Gasteiger partial charge in [0, 0.05) is 17.3 Å². The van der Waals surface area contributed by atoms with E-state index in [2.05, 4.69) is 0 Å². The lowest BCUT2D eigenvalue weighted by Gasteiger charge is -2.12. The quantitative estimate of drug-likeness (QED) is 0.750. The van der Waals surface area contributed by atoms with Crippen LogP contribution in [0.5, 0.6) is 5.75 Å². The molecule has 3 aromatic rings. The molecule has 0 saturated heterocycles. The van der Waals surface area contributed by atoms with Crippen LogP contribution >= 0.6 is 0 Å². The minimum Gasteiger partial charge on any atom is -0.508 e. The number of primary amides is 1. The van der Waals surface area contributed by atoms with E-state index >= 15 is 0 Å². The van der Waals surface area contributed by atoms with E-state index < -0.39 is 5.91 Å². The Morgan fingerprint density at radius 2 is 1.71 bits per heavy atom. The molecule has 3 rings (SSSR count). The van der Waals surface area contributed by atoms with Crippen molar-refractivity contribution in [2.24, 2.45) is 5.73 Å². The van der Waals surface area contributed by atoms with Gasteiger partial charge in [-0.1, -0.05) is 12.1 Å². The van der Waals surface area contributed by atoms with E-state index in [0.29, 0.717) is 16.6 Å². The van der Waals surface area contributed by atoms with Crippen molar-refractivity contribution < 1.29 is 9.90 Å². The van der Waals surface area contributed by atoms with Gasteiger partial charge in [0.1, 0.15) is 11.3 Å². The van der Waals surface area contributed by atoms with Crippen LogP contribution in [0.1, 0.15) is 10.4 Å². The van der Waals surface area contributed by atoms with Crippen LogP contribution in [0.15, 0.2) is 59.5 Å². The smallest absolute Gasteiger partial charge is 0.254 e. The number of para-hydroxylation sites is 1. The van der Waals surface area contributed by atoms with Crippen LogP contribution in [0, 0.1) is 0 Å². The zero-order valence-electron chi connectivity index (χ0n) is 11.0. The SMILES string of the molecule is NC(=O)c1cn(-c2ccc(O)cc2)c2ccccc2c1=O. The van der Waals surface area contributed by atoms with Crippen LogP contribution in [0.25, 0.3) is 16.6 Å². The maximum absolute atomic E-state index is 12.3. The summed E-state index contributed by atoms with van der Waals surface area (Å²) < 4.78 is 1.70. The van der Waals surface area contributed by atoms with Crippen molar-refractivity contribution in [3.63, 3.8) is 0 Å². The molecule has 0 aliphatic rings. The number of benzene rings is 2. The third-order valence-electron chi connectivity index (χ3n) is 3.30. The summed E-state index contributed by atoms with van der Waals surface area (Å²) in [7, 11) is 0. The van der Waals surface area contributed by atoms with Gasteiger partial charge in [0.05, 0.1) is 5.52 Å². The molecular formula is C16H12N2O3. The van der Waals surface area contributed by atoms with Gasteiger partial charge in [-0.3, -0.25) is 9.59 Å². The number of carbonyl (C=O) groups excluding carboxylic acids is 1. The summed E-state index contributed by atoms with van der Waals surface area (Å²) in [5, 5.41) is 9.79. The Kier molecular flexibility index (Phi) is 2.95. The summed E-state index contributed by atoms with van der Waals surface area (Å²) in [6, 6.07) is 13.4. The second-order valence-corrected chi connectivity index (χ2v) is 4.64. The molecule has 21 heavy (non-hydrogen) atoms. The Labute approximate surface area is 119 Å².